The summed E-state index contributed by atoms with van der Waals surface area (Å²) in [4.78, 5) is 43.6. The first-order chi connectivity index (χ1) is 18.9. The van der Waals surface area contributed by atoms with Gasteiger partial charge in [-0.15, -0.1) is 0 Å². The first-order valence-corrected chi connectivity index (χ1v) is 13.3. The van der Waals surface area contributed by atoms with E-state index >= 15 is 0 Å². The summed E-state index contributed by atoms with van der Waals surface area (Å²) in [5.41, 5.74) is 1.96. The normalized spacial score (nSPS) is 18.3. The molecule has 0 radical (unpaired) electrons. The lowest BCUT2D eigenvalue weighted by Gasteiger charge is -2.44. The van der Waals surface area contributed by atoms with E-state index in [-0.39, 0.29) is 24.0 Å². The van der Waals surface area contributed by atoms with Crippen molar-refractivity contribution in [3.05, 3.63) is 107 Å². The molecule has 202 valence electrons. The zero-order valence-corrected chi connectivity index (χ0v) is 21.9. The fraction of sp³-hybridized carbons (Fsp3) is 0.323. The maximum absolute atomic E-state index is 13.8. The fourth-order valence-electron chi connectivity index (χ4n) is 5.33. The molecule has 2 aliphatic heterocycles. The number of ether oxygens (including phenoxy) is 1. The third kappa shape index (κ3) is 5.56. The van der Waals surface area contributed by atoms with Gasteiger partial charge in [0.25, 0.3) is 11.8 Å². The molecule has 2 saturated heterocycles. The minimum absolute atomic E-state index is 0.0417. The number of amides is 3. The standard InChI is InChI=1S/C31H32FN3O4/c1-2-22-8-10-24(11-9-22)29(37)34-18-16-31(17-19-34)35(30(38)25-12-14-26(32)15-13-25)27(21-39-31)28(36)33-20-23-6-4-3-5-7-23/h3-15,27H,2,16-21H2,1H3,(H,33,36)/t27-/m1/s1. The van der Waals surface area contributed by atoms with Crippen molar-refractivity contribution in [2.24, 2.45) is 0 Å². The van der Waals surface area contributed by atoms with Gasteiger partial charge in [0, 0.05) is 43.6 Å². The first-order valence-electron chi connectivity index (χ1n) is 13.3. The summed E-state index contributed by atoms with van der Waals surface area (Å²) >= 11 is 0. The summed E-state index contributed by atoms with van der Waals surface area (Å²) in [6, 6.07) is 21.6. The Kier molecular flexibility index (Phi) is 7.74. The van der Waals surface area contributed by atoms with E-state index in [1.807, 2.05) is 54.6 Å². The topological polar surface area (TPSA) is 79.0 Å². The maximum Gasteiger partial charge on any atom is 0.256 e. The van der Waals surface area contributed by atoms with Crippen LogP contribution in [0, 0.1) is 5.82 Å². The Balaban J connectivity index is 1.34. The van der Waals surface area contributed by atoms with Crippen molar-refractivity contribution in [1.29, 1.82) is 0 Å². The second-order valence-corrected chi connectivity index (χ2v) is 10.0. The van der Waals surface area contributed by atoms with Crippen molar-refractivity contribution < 1.29 is 23.5 Å². The van der Waals surface area contributed by atoms with Gasteiger partial charge in [-0.3, -0.25) is 19.3 Å². The van der Waals surface area contributed by atoms with Crippen LogP contribution in [0.2, 0.25) is 0 Å². The number of hydrogen-bond donors (Lipinski definition) is 1. The van der Waals surface area contributed by atoms with Crippen LogP contribution in [-0.2, 0) is 22.5 Å². The lowest BCUT2D eigenvalue weighted by Crippen LogP contribution is -2.59. The Bertz CT molecular complexity index is 1320. The van der Waals surface area contributed by atoms with Crippen LogP contribution in [0.4, 0.5) is 4.39 Å². The summed E-state index contributed by atoms with van der Waals surface area (Å²) in [6.45, 7) is 3.18. The molecule has 39 heavy (non-hydrogen) atoms. The molecule has 1 N–H and O–H groups in total. The fourth-order valence-corrected chi connectivity index (χ4v) is 5.33. The van der Waals surface area contributed by atoms with Gasteiger partial charge < -0.3 is 15.0 Å². The second kappa shape index (κ2) is 11.4. The van der Waals surface area contributed by atoms with Crippen molar-refractivity contribution in [3.63, 3.8) is 0 Å². The highest BCUT2D eigenvalue weighted by Gasteiger charge is 2.54. The maximum atomic E-state index is 13.8. The molecule has 5 rings (SSSR count). The number of rotatable bonds is 6. The van der Waals surface area contributed by atoms with Gasteiger partial charge in [-0.05, 0) is 53.9 Å². The highest BCUT2D eigenvalue weighted by Crippen LogP contribution is 2.39. The average Bonchev–Trinajstić information content (AvgIpc) is 3.35. The highest BCUT2D eigenvalue weighted by atomic mass is 19.1. The number of aryl methyl sites for hydroxylation is 1. The molecule has 8 heteroatoms. The average molecular weight is 530 g/mol. The number of carbonyl (C=O) groups excluding carboxylic acids is 3. The van der Waals surface area contributed by atoms with Gasteiger partial charge in [0.15, 0.2) is 0 Å². The van der Waals surface area contributed by atoms with E-state index in [0.717, 1.165) is 17.5 Å². The van der Waals surface area contributed by atoms with Crippen molar-refractivity contribution in [3.8, 4) is 0 Å². The van der Waals surface area contributed by atoms with Crippen LogP contribution in [0.3, 0.4) is 0 Å². The quantitative estimate of drug-likeness (QED) is 0.520. The lowest BCUT2D eigenvalue weighted by atomic mass is 9.96. The summed E-state index contributed by atoms with van der Waals surface area (Å²) < 4.78 is 19.8. The van der Waals surface area contributed by atoms with Crippen molar-refractivity contribution in [2.45, 2.75) is 44.5 Å². The van der Waals surface area contributed by atoms with E-state index in [9.17, 15) is 18.8 Å². The van der Waals surface area contributed by atoms with E-state index in [4.69, 9.17) is 4.74 Å². The minimum atomic E-state index is -1.04. The Morgan fingerprint density at radius 1 is 0.872 bits per heavy atom. The molecule has 3 aromatic rings. The van der Waals surface area contributed by atoms with E-state index < -0.39 is 23.5 Å². The molecular weight excluding hydrogens is 497 g/mol. The van der Waals surface area contributed by atoms with Gasteiger partial charge >= 0.3 is 0 Å². The molecule has 0 saturated carbocycles. The predicted octanol–water partition coefficient (Wildman–Crippen LogP) is 4.18. The number of benzene rings is 3. The van der Waals surface area contributed by atoms with Gasteiger partial charge in [-0.2, -0.15) is 0 Å². The molecule has 2 aliphatic rings. The molecule has 0 aromatic heterocycles. The second-order valence-electron chi connectivity index (χ2n) is 10.0. The van der Waals surface area contributed by atoms with Crippen molar-refractivity contribution in [1.82, 2.24) is 15.1 Å². The predicted molar refractivity (Wildman–Crippen MR) is 144 cm³/mol. The van der Waals surface area contributed by atoms with Crippen LogP contribution in [-0.4, -0.2) is 59.0 Å². The summed E-state index contributed by atoms with van der Waals surface area (Å²) in [7, 11) is 0. The zero-order chi connectivity index (χ0) is 27.4. The number of halogens is 1. The zero-order valence-electron chi connectivity index (χ0n) is 21.9. The lowest BCUT2D eigenvalue weighted by molar-refractivity contribution is -0.128. The molecule has 7 nitrogen and oxygen atoms in total. The minimum Gasteiger partial charge on any atom is -0.353 e. The van der Waals surface area contributed by atoms with E-state index in [1.165, 1.54) is 29.2 Å². The molecule has 3 amide bonds. The van der Waals surface area contributed by atoms with Crippen LogP contribution in [0.15, 0.2) is 78.9 Å². The number of nitrogens with zero attached hydrogens (tertiary/aromatic N) is 2. The Labute approximate surface area is 227 Å². The monoisotopic (exact) mass is 529 g/mol. The molecule has 2 fully saturated rings. The molecule has 3 aromatic carbocycles. The summed E-state index contributed by atoms with van der Waals surface area (Å²) in [5, 5.41) is 2.93. The number of piperidine rings is 1. The van der Waals surface area contributed by atoms with E-state index in [1.54, 1.807) is 4.90 Å². The van der Waals surface area contributed by atoms with Gasteiger partial charge in [0.1, 0.15) is 17.6 Å². The molecule has 0 bridgehead atoms. The molecule has 2 heterocycles. The smallest absolute Gasteiger partial charge is 0.256 e. The van der Waals surface area contributed by atoms with Crippen LogP contribution >= 0.6 is 0 Å². The third-order valence-electron chi connectivity index (χ3n) is 7.62. The van der Waals surface area contributed by atoms with Crippen molar-refractivity contribution in [2.75, 3.05) is 19.7 Å². The Morgan fingerprint density at radius 3 is 2.13 bits per heavy atom. The Morgan fingerprint density at radius 2 is 1.49 bits per heavy atom. The number of hydrogen-bond acceptors (Lipinski definition) is 4. The van der Waals surface area contributed by atoms with E-state index in [2.05, 4.69) is 12.2 Å². The van der Waals surface area contributed by atoms with Gasteiger partial charge in [0.2, 0.25) is 5.91 Å². The van der Waals surface area contributed by atoms with Crippen LogP contribution in [0.1, 0.15) is 51.6 Å². The van der Waals surface area contributed by atoms with Crippen molar-refractivity contribution >= 4 is 17.7 Å². The largest absolute Gasteiger partial charge is 0.353 e. The molecule has 1 atom stereocenters. The van der Waals surface area contributed by atoms with Gasteiger partial charge in [0.05, 0.1) is 6.61 Å². The number of carbonyl (C=O) groups is 3. The third-order valence-corrected chi connectivity index (χ3v) is 7.62. The van der Waals surface area contributed by atoms with Gasteiger partial charge in [-0.25, -0.2) is 4.39 Å². The van der Waals surface area contributed by atoms with Crippen LogP contribution in [0.25, 0.3) is 0 Å². The summed E-state index contributed by atoms with van der Waals surface area (Å²) in [5.74, 6) is -1.24. The molecule has 0 aliphatic carbocycles. The van der Waals surface area contributed by atoms with E-state index in [0.29, 0.717) is 38.0 Å². The SMILES string of the molecule is CCc1ccc(C(=O)N2CCC3(CC2)OC[C@H](C(=O)NCc2ccccc2)N3C(=O)c2ccc(F)cc2)cc1. The highest BCUT2D eigenvalue weighted by molar-refractivity contribution is 5.98. The Hall–Kier alpha value is -4.04. The van der Waals surface area contributed by atoms with Crippen LogP contribution in [0.5, 0.6) is 0 Å². The molecule has 0 unspecified atom stereocenters. The first kappa shape index (κ1) is 26.6. The summed E-state index contributed by atoms with van der Waals surface area (Å²) in [6.07, 6.45) is 1.62. The van der Waals surface area contributed by atoms with Gasteiger partial charge in [-0.1, -0.05) is 49.4 Å². The number of nitrogens with one attached hydrogen (secondary N) is 1. The van der Waals surface area contributed by atoms with Crippen LogP contribution < -0.4 is 5.32 Å². The molecule has 1 spiro atoms. The number of likely N-dealkylation sites (tertiary alicyclic amines) is 1. The molecular formula is C31H32FN3O4.